The normalized spacial score (nSPS) is 24.1. The third kappa shape index (κ3) is 1.23. The number of carbonyl (C=O) groups excluding carboxylic acids is 1. The number of benzene rings is 1. The van der Waals surface area contributed by atoms with Crippen molar-refractivity contribution in [3.8, 4) is 0 Å². The number of rotatable bonds is 1. The van der Waals surface area contributed by atoms with Crippen LogP contribution in [-0.2, 0) is 0 Å². The van der Waals surface area contributed by atoms with Gasteiger partial charge in [-0.1, -0.05) is 0 Å². The molecule has 2 atom stereocenters. The molecule has 2 rings (SSSR count). The Labute approximate surface area is 80.2 Å². The van der Waals surface area contributed by atoms with Gasteiger partial charge in [-0.05, 0) is 18.2 Å². The van der Waals surface area contributed by atoms with Crippen LogP contribution in [0.4, 0.5) is 5.69 Å². The Morgan fingerprint density at radius 3 is 2.79 bits per heavy atom. The number of primary amides is 1. The lowest BCUT2D eigenvalue weighted by Gasteiger charge is -2.06. The molecule has 0 bridgehead atoms. The maximum atomic E-state index is 10.8. The van der Waals surface area contributed by atoms with Gasteiger partial charge in [0, 0.05) is 16.8 Å². The predicted molar refractivity (Wildman–Crippen MR) is 49.5 cm³/mol. The highest BCUT2D eigenvalue weighted by molar-refractivity contribution is 5.93. The van der Waals surface area contributed by atoms with Crippen molar-refractivity contribution in [2.45, 2.75) is 12.3 Å². The zero-order valence-electron chi connectivity index (χ0n) is 7.27. The molecule has 5 nitrogen and oxygen atoms in total. The molecule has 1 heterocycles. The fraction of sp³-hybridized carbons (Fsp3) is 0.222. The highest BCUT2D eigenvalue weighted by Crippen LogP contribution is 2.33. The molecule has 1 amide bonds. The smallest absolute Gasteiger partial charge is 0.248 e. The van der Waals surface area contributed by atoms with Crippen molar-refractivity contribution in [3.63, 3.8) is 0 Å². The molecule has 74 valence electrons. The topological polar surface area (TPSA) is 95.6 Å². The van der Waals surface area contributed by atoms with Crippen LogP contribution >= 0.6 is 0 Å². The Bertz CT molecular complexity index is 392. The van der Waals surface area contributed by atoms with Gasteiger partial charge >= 0.3 is 0 Å². The van der Waals surface area contributed by atoms with Crippen LogP contribution in [0, 0.1) is 0 Å². The van der Waals surface area contributed by atoms with Crippen LogP contribution in [0.1, 0.15) is 22.0 Å². The fourth-order valence-electron chi connectivity index (χ4n) is 1.50. The maximum Gasteiger partial charge on any atom is 0.248 e. The van der Waals surface area contributed by atoms with E-state index < -0.39 is 18.2 Å². The molecule has 0 aliphatic carbocycles. The van der Waals surface area contributed by atoms with Crippen LogP contribution in [-0.4, -0.2) is 22.3 Å². The van der Waals surface area contributed by atoms with E-state index in [4.69, 9.17) is 5.73 Å². The molecule has 1 aliphatic rings. The lowest BCUT2D eigenvalue weighted by atomic mass is 10.1. The molecule has 14 heavy (non-hydrogen) atoms. The van der Waals surface area contributed by atoms with Crippen LogP contribution in [0.3, 0.4) is 0 Å². The van der Waals surface area contributed by atoms with Gasteiger partial charge in [0.2, 0.25) is 5.91 Å². The minimum Gasteiger partial charge on any atom is -0.384 e. The Balaban J connectivity index is 2.46. The summed E-state index contributed by atoms with van der Waals surface area (Å²) in [6.45, 7) is 0. The van der Waals surface area contributed by atoms with Crippen LogP contribution in [0.2, 0.25) is 0 Å². The Morgan fingerprint density at radius 1 is 1.43 bits per heavy atom. The minimum atomic E-state index is -1.02. The Hall–Kier alpha value is -1.59. The summed E-state index contributed by atoms with van der Waals surface area (Å²) in [6.07, 6.45) is -2.03. The standard InChI is InChI=1S/C9H10N2O3/c10-8(13)4-1-2-6-5(3-4)7(12)9(14)11-6/h1-3,7,9,11-12,14H,(H2,10,13). The molecule has 0 saturated heterocycles. The number of amides is 1. The number of fused-ring (bicyclic) bond motifs is 1. The molecule has 0 radical (unpaired) electrons. The predicted octanol–water partition coefficient (Wildman–Crippen LogP) is -0.437. The van der Waals surface area contributed by atoms with Crippen LogP contribution < -0.4 is 11.1 Å². The van der Waals surface area contributed by atoms with E-state index in [2.05, 4.69) is 5.32 Å². The van der Waals surface area contributed by atoms with E-state index in [1.165, 1.54) is 6.07 Å². The van der Waals surface area contributed by atoms with Crippen LogP contribution in [0.15, 0.2) is 18.2 Å². The number of carbonyl (C=O) groups is 1. The molecule has 0 spiro atoms. The van der Waals surface area contributed by atoms with Gasteiger partial charge in [-0.15, -0.1) is 0 Å². The first-order valence-corrected chi connectivity index (χ1v) is 4.16. The molecule has 2 unspecified atom stereocenters. The summed E-state index contributed by atoms with van der Waals surface area (Å²) >= 11 is 0. The summed E-state index contributed by atoms with van der Waals surface area (Å²) in [6, 6.07) is 4.62. The molecular formula is C9H10N2O3. The van der Waals surface area contributed by atoms with Crippen molar-refractivity contribution in [1.29, 1.82) is 0 Å². The van der Waals surface area contributed by atoms with Gasteiger partial charge in [0.1, 0.15) is 6.10 Å². The number of hydrogen-bond donors (Lipinski definition) is 4. The molecule has 5 heteroatoms. The van der Waals surface area contributed by atoms with Gasteiger partial charge in [-0.2, -0.15) is 0 Å². The van der Waals surface area contributed by atoms with Crippen molar-refractivity contribution in [2.24, 2.45) is 5.73 Å². The van der Waals surface area contributed by atoms with E-state index in [-0.39, 0.29) is 0 Å². The Kier molecular flexibility index (Phi) is 1.90. The largest absolute Gasteiger partial charge is 0.384 e. The first-order valence-electron chi connectivity index (χ1n) is 4.16. The number of aliphatic hydroxyl groups is 2. The van der Waals surface area contributed by atoms with E-state index in [1.54, 1.807) is 12.1 Å². The lowest BCUT2D eigenvalue weighted by molar-refractivity contribution is 0.0462. The quantitative estimate of drug-likeness (QED) is 0.487. The molecule has 1 aromatic carbocycles. The average molecular weight is 194 g/mol. The molecule has 0 fully saturated rings. The van der Waals surface area contributed by atoms with E-state index >= 15 is 0 Å². The van der Waals surface area contributed by atoms with Crippen molar-refractivity contribution in [2.75, 3.05) is 5.32 Å². The van der Waals surface area contributed by atoms with Gasteiger partial charge in [0.25, 0.3) is 0 Å². The lowest BCUT2D eigenvalue weighted by Crippen LogP contribution is -2.18. The van der Waals surface area contributed by atoms with Crippen LogP contribution in [0.5, 0.6) is 0 Å². The van der Waals surface area contributed by atoms with Crippen LogP contribution in [0.25, 0.3) is 0 Å². The van der Waals surface area contributed by atoms with Gasteiger partial charge in [0.15, 0.2) is 6.23 Å². The number of nitrogens with two attached hydrogens (primary N) is 1. The zero-order chi connectivity index (χ0) is 10.3. The van der Waals surface area contributed by atoms with Crippen molar-refractivity contribution in [3.05, 3.63) is 29.3 Å². The summed E-state index contributed by atoms with van der Waals surface area (Å²) in [7, 11) is 0. The highest BCUT2D eigenvalue weighted by atomic mass is 16.3. The molecule has 0 aromatic heterocycles. The first kappa shape index (κ1) is 8.98. The maximum absolute atomic E-state index is 10.8. The summed E-state index contributed by atoms with van der Waals surface area (Å²) < 4.78 is 0. The number of anilines is 1. The van der Waals surface area contributed by atoms with Gasteiger partial charge in [0.05, 0.1) is 0 Å². The second-order valence-electron chi connectivity index (χ2n) is 3.20. The second-order valence-corrected chi connectivity index (χ2v) is 3.20. The number of hydrogen-bond acceptors (Lipinski definition) is 4. The summed E-state index contributed by atoms with van der Waals surface area (Å²) in [4.78, 5) is 10.8. The van der Waals surface area contributed by atoms with Crippen molar-refractivity contribution < 1.29 is 15.0 Å². The zero-order valence-corrected chi connectivity index (χ0v) is 7.27. The first-order chi connectivity index (χ1) is 6.59. The second kappa shape index (κ2) is 2.97. The molecule has 0 saturated carbocycles. The fourth-order valence-corrected chi connectivity index (χ4v) is 1.50. The van der Waals surface area contributed by atoms with Gasteiger partial charge in [-0.25, -0.2) is 0 Å². The third-order valence-corrected chi connectivity index (χ3v) is 2.26. The van der Waals surface area contributed by atoms with E-state index in [0.29, 0.717) is 16.8 Å². The average Bonchev–Trinajstić information content (AvgIpc) is 2.43. The third-order valence-electron chi connectivity index (χ3n) is 2.26. The van der Waals surface area contributed by atoms with Gasteiger partial charge < -0.3 is 21.3 Å². The summed E-state index contributed by atoms with van der Waals surface area (Å²) in [5.41, 5.74) is 6.52. The minimum absolute atomic E-state index is 0.318. The Morgan fingerprint density at radius 2 is 2.14 bits per heavy atom. The SMILES string of the molecule is NC(=O)c1ccc2c(c1)C(O)C(O)N2. The van der Waals surface area contributed by atoms with E-state index in [1.807, 2.05) is 0 Å². The molecular weight excluding hydrogens is 184 g/mol. The van der Waals surface area contributed by atoms with E-state index in [9.17, 15) is 15.0 Å². The summed E-state index contributed by atoms with van der Waals surface area (Å²) in [5.74, 6) is -0.554. The van der Waals surface area contributed by atoms with Crippen molar-refractivity contribution in [1.82, 2.24) is 0 Å². The van der Waals surface area contributed by atoms with Crippen molar-refractivity contribution >= 4 is 11.6 Å². The number of nitrogens with one attached hydrogen (secondary N) is 1. The molecule has 5 N–H and O–H groups in total. The monoisotopic (exact) mass is 194 g/mol. The molecule has 1 aromatic rings. The highest BCUT2D eigenvalue weighted by Gasteiger charge is 2.28. The summed E-state index contributed by atoms with van der Waals surface area (Å²) in [5, 5.41) is 21.4. The van der Waals surface area contributed by atoms with E-state index in [0.717, 1.165) is 0 Å². The van der Waals surface area contributed by atoms with Gasteiger partial charge in [-0.3, -0.25) is 4.79 Å². The molecule has 1 aliphatic heterocycles. The number of aliphatic hydroxyl groups excluding tert-OH is 2.